The number of carbonyl (C=O) groups is 3. The van der Waals surface area contributed by atoms with Gasteiger partial charge in [-0.25, -0.2) is 0 Å². The third-order valence-electron chi connectivity index (χ3n) is 5.16. The molecule has 1 fully saturated rings. The fourth-order valence-corrected chi connectivity index (χ4v) is 3.40. The maximum Gasteiger partial charge on any atom is 0.309 e. The van der Waals surface area contributed by atoms with Gasteiger partial charge in [-0.1, -0.05) is 0 Å². The zero-order chi connectivity index (χ0) is 22.2. The largest absolute Gasteiger partial charge is 0.493 e. The fraction of sp³-hybridized carbons (Fsp3) is 0.375. The van der Waals surface area contributed by atoms with Crippen LogP contribution in [-0.2, 0) is 14.3 Å². The monoisotopic (exact) mass is 424 g/mol. The number of carbonyl (C=O) groups excluding carboxylic acids is 3. The van der Waals surface area contributed by atoms with Crippen LogP contribution in [0, 0.1) is 6.92 Å². The molecule has 1 aliphatic rings. The number of hydrogen-bond donors (Lipinski definition) is 1. The van der Waals surface area contributed by atoms with Crippen molar-refractivity contribution >= 4 is 29.0 Å². The number of Topliss-reactive ketones (excluding diaryl/α,β-unsaturated/α-hetero) is 1. The van der Waals surface area contributed by atoms with Crippen molar-refractivity contribution in [1.29, 1.82) is 0 Å². The zero-order valence-electron chi connectivity index (χ0n) is 18.0. The summed E-state index contributed by atoms with van der Waals surface area (Å²) in [7, 11) is 0. The molecule has 2 aromatic rings. The van der Waals surface area contributed by atoms with E-state index < -0.39 is 5.97 Å². The van der Waals surface area contributed by atoms with Crippen LogP contribution in [0.1, 0.15) is 42.1 Å². The molecule has 0 aromatic heterocycles. The van der Waals surface area contributed by atoms with Gasteiger partial charge in [0.15, 0.2) is 12.4 Å². The molecular formula is C24H28N2O5. The van der Waals surface area contributed by atoms with Gasteiger partial charge in [0.25, 0.3) is 5.91 Å². The third kappa shape index (κ3) is 6.57. The van der Waals surface area contributed by atoms with E-state index in [4.69, 9.17) is 9.47 Å². The second-order valence-electron chi connectivity index (χ2n) is 7.58. The summed E-state index contributed by atoms with van der Waals surface area (Å²) in [5, 5.41) is 2.79. The first-order valence-electron chi connectivity index (χ1n) is 10.5. The molecule has 1 amide bonds. The summed E-state index contributed by atoms with van der Waals surface area (Å²) in [6, 6.07) is 12.6. The minimum Gasteiger partial charge on any atom is -0.493 e. The highest BCUT2D eigenvalue weighted by molar-refractivity contribution is 5.94. The van der Waals surface area contributed by atoms with Crippen LogP contribution in [0.4, 0.5) is 11.4 Å². The van der Waals surface area contributed by atoms with E-state index in [0.29, 0.717) is 17.0 Å². The van der Waals surface area contributed by atoms with Gasteiger partial charge in [-0.3, -0.25) is 14.4 Å². The lowest BCUT2D eigenvalue weighted by atomic mass is 10.1. The zero-order valence-corrected chi connectivity index (χ0v) is 18.0. The van der Waals surface area contributed by atoms with Crippen molar-refractivity contribution in [3.05, 3.63) is 53.6 Å². The fourth-order valence-electron chi connectivity index (χ4n) is 3.40. The molecule has 7 heteroatoms. The molecule has 0 unspecified atom stereocenters. The Morgan fingerprint density at radius 2 is 1.74 bits per heavy atom. The molecule has 1 N–H and O–H groups in total. The van der Waals surface area contributed by atoms with Crippen LogP contribution in [0.25, 0.3) is 0 Å². The van der Waals surface area contributed by atoms with Gasteiger partial charge in [0.1, 0.15) is 5.75 Å². The van der Waals surface area contributed by atoms with Crippen LogP contribution in [0.15, 0.2) is 42.5 Å². The third-order valence-corrected chi connectivity index (χ3v) is 5.16. The number of benzene rings is 2. The number of ether oxygens (including phenoxy) is 2. The molecule has 1 saturated heterocycles. The SMILES string of the molecule is CC(=O)c1ccc(OCCC(=O)OCC(=O)Nc2ccc(N3CCCC3)cc2C)cc1. The predicted octanol–water partition coefficient (Wildman–Crippen LogP) is 3.75. The number of rotatable bonds is 9. The molecule has 0 saturated carbocycles. The Balaban J connectivity index is 1.38. The first kappa shape index (κ1) is 22.3. The van der Waals surface area contributed by atoms with Crippen LogP contribution < -0.4 is 15.0 Å². The molecule has 0 bridgehead atoms. The number of nitrogens with zero attached hydrogens (tertiary/aromatic N) is 1. The van der Waals surface area contributed by atoms with Crippen molar-refractivity contribution in [2.45, 2.75) is 33.1 Å². The van der Waals surface area contributed by atoms with Gasteiger partial charge in [0.05, 0.1) is 13.0 Å². The molecular weight excluding hydrogens is 396 g/mol. The van der Waals surface area contributed by atoms with Crippen molar-refractivity contribution in [2.75, 3.05) is 36.5 Å². The maximum atomic E-state index is 12.1. The van der Waals surface area contributed by atoms with Gasteiger partial charge in [0.2, 0.25) is 0 Å². The Bertz CT molecular complexity index is 933. The Morgan fingerprint density at radius 1 is 1.03 bits per heavy atom. The Hall–Kier alpha value is -3.35. The van der Waals surface area contributed by atoms with Crippen molar-refractivity contribution in [1.82, 2.24) is 0 Å². The van der Waals surface area contributed by atoms with Crippen LogP contribution in [0.3, 0.4) is 0 Å². The van der Waals surface area contributed by atoms with E-state index in [2.05, 4.69) is 16.3 Å². The summed E-state index contributed by atoms with van der Waals surface area (Å²) in [6.07, 6.45) is 2.44. The number of nitrogens with one attached hydrogen (secondary N) is 1. The molecule has 1 aliphatic heterocycles. The standard InChI is InChI=1S/C24H28N2O5/c1-17-15-20(26-12-3-4-13-26)7-10-22(17)25-23(28)16-31-24(29)11-14-30-21-8-5-19(6-9-21)18(2)27/h5-10,15H,3-4,11-14,16H2,1-2H3,(H,25,28). The lowest BCUT2D eigenvalue weighted by Gasteiger charge is -2.19. The van der Waals surface area contributed by atoms with Crippen LogP contribution in [-0.4, -0.2) is 44.0 Å². The van der Waals surface area contributed by atoms with Gasteiger partial charge in [0, 0.05) is 30.0 Å². The second-order valence-corrected chi connectivity index (χ2v) is 7.58. The van der Waals surface area contributed by atoms with Crippen molar-refractivity contribution in [3.63, 3.8) is 0 Å². The Morgan fingerprint density at radius 3 is 2.39 bits per heavy atom. The highest BCUT2D eigenvalue weighted by Crippen LogP contribution is 2.25. The Labute approximate surface area is 182 Å². The van der Waals surface area contributed by atoms with Gasteiger partial charge in [-0.05, 0) is 74.7 Å². The molecule has 2 aromatic carbocycles. The molecule has 1 heterocycles. The molecule has 164 valence electrons. The Kier molecular flexibility index (Phi) is 7.65. The van der Waals surface area contributed by atoms with Crippen molar-refractivity contribution < 1.29 is 23.9 Å². The predicted molar refractivity (Wildman–Crippen MR) is 119 cm³/mol. The van der Waals surface area contributed by atoms with Crippen molar-refractivity contribution in [2.24, 2.45) is 0 Å². The minimum absolute atomic E-state index is 0.0191. The number of aryl methyl sites for hydroxylation is 1. The number of esters is 1. The first-order valence-corrected chi connectivity index (χ1v) is 10.5. The first-order chi connectivity index (χ1) is 14.9. The van der Waals surface area contributed by atoms with E-state index in [1.54, 1.807) is 24.3 Å². The number of amides is 1. The summed E-state index contributed by atoms with van der Waals surface area (Å²) < 4.78 is 10.5. The minimum atomic E-state index is -0.517. The van der Waals surface area contributed by atoms with Crippen LogP contribution in [0.2, 0.25) is 0 Å². The van der Waals surface area contributed by atoms with E-state index in [0.717, 1.165) is 24.3 Å². The van der Waals surface area contributed by atoms with Crippen LogP contribution >= 0.6 is 0 Å². The van der Waals surface area contributed by atoms with Gasteiger partial charge >= 0.3 is 5.97 Å². The molecule has 3 rings (SSSR count). The summed E-state index contributed by atoms with van der Waals surface area (Å²) >= 11 is 0. The number of hydrogen-bond acceptors (Lipinski definition) is 6. The lowest BCUT2D eigenvalue weighted by Crippen LogP contribution is -2.22. The lowest BCUT2D eigenvalue weighted by molar-refractivity contribution is -0.147. The molecule has 31 heavy (non-hydrogen) atoms. The van der Waals surface area contributed by atoms with Gasteiger partial charge < -0.3 is 19.7 Å². The normalized spacial score (nSPS) is 13.0. The van der Waals surface area contributed by atoms with E-state index in [1.807, 2.05) is 19.1 Å². The van der Waals surface area contributed by atoms with Crippen LogP contribution in [0.5, 0.6) is 5.75 Å². The topological polar surface area (TPSA) is 84.9 Å². The summed E-state index contributed by atoms with van der Waals surface area (Å²) in [5.74, 6) is -0.364. The molecule has 0 aliphatic carbocycles. The van der Waals surface area contributed by atoms with Gasteiger partial charge in [-0.2, -0.15) is 0 Å². The summed E-state index contributed by atoms with van der Waals surface area (Å²) in [4.78, 5) is 37.6. The average molecular weight is 424 g/mol. The maximum absolute atomic E-state index is 12.1. The summed E-state index contributed by atoms with van der Waals surface area (Å²) in [6.45, 7) is 5.34. The average Bonchev–Trinajstić information content (AvgIpc) is 3.29. The number of anilines is 2. The quantitative estimate of drug-likeness (QED) is 0.488. The van der Waals surface area contributed by atoms with E-state index in [-0.39, 0.29) is 31.3 Å². The van der Waals surface area contributed by atoms with Gasteiger partial charge in [-0.15, -0.1) is 0 Å². The number of ketones is 1. The molecule has 0 radical (unpaired) electrons. The molecule has 7 nitrogen and oxygen atoms in total. The highest BCUT2D eigenvalue weighted by atomic mass is 16.5. The highest BCUT2D eigenvalue weighted by Gasteiger charge is 2.14. The summed E-state index contributed by atoms with van der Waals surface area (Å²) in [5.41, 5.74) is 3.43. The smallest absolute Gasteiger partial charge is 0.309 e. The van der Waals surface area contributed by atoms with E-state index in [1.165, 1.54) is 19.8 Å². The molecule has 0 spiro atoms. The van der Waals surface area contributed by atoms with E-state index >= 15 is 0 Å². The van der Waals surface area contributed by atoms with E-state index in [9.17, 15) is 14.4 Å². The van der Waals surface area contributed by atoms with Crippen molar-refractivity contribution in [3.8, 4) is 5.75 Å². The second kappa shape index (κ2) is 10.6. The molecule has 0 atom stereocenters.